The molecule has 0 aliphatic heterocycles. The molecule has 0 N–H and O–H groups in total. The Labute approximate surface area is 417 Å². The first-order valence-electron chi connectivity index (χ1n) is 24.2. The van der Waals surface area contributed by atoms with Gasteiger partial charge >= 0.3 is 0 Å². The van der Waals surface area contributed by atoms with Crippen molar-refractivity contribution in [1.82, 2.24) is 15.0 Å². The molecule has 12 aromatic carbocycles. The molecule has 72 heavy (non-hydrogen) atoms. The maximum absolute atomic E-state index is 11.0. The number of aromatic nitrogens is 3. The standard InChI is InChI=1S/C68H42N4/c69-43-49-22-17-35-62(53-25-7-6-24-52(53)48-40-41-60-56-28-9-8-26-54(56)55-27-10-11-31-59(55)64(60)42-48)65(49)61-32-14-12-29-57(61)58-30-13-15-33-63(58)68-71-66(46-19-2-1-3-20-46)70-67(72-68)47-38-36-45(37-39-47)51-34-16-21-44-18-4-5-23-50(44)51/h1-42H. The lowest BCUT2D eigenvalue weighted by Crippen LogP contribution is -2.01. The van der Waals surface area contributed by atoms with Gasteiger partial charge < -0.3 is 0 Å². The van der Waals surface area contributed by atoms with Crippen LogP contribution in [-0.2, 0) is 0 Å². The van der Waals surface area contributed by atoms with Crippen molar-refractivity contribution in [2.24, 2.45) is 0 Å². The summed E-state index contributed by atoms with van der Waals surface area (Å²) >= 11 is 0. The molecule has 0 spiro atoms. The summed E-state index contributed by atoms with van der Waals surface area (Å²) in [7, 11) is 0. The fraction of sp³-hybridized carbons (Fsp3) is 0. The van der Waals surface area contributed by atoms with E-state index in [1.807, 2.05) is 48.5 Å². The van der Waals surface area contributed by atoms with Crippen LogP contribution in [-0.4, -0.2) is 15.0 Å². The Morgan fingerprint density at radius 1 is 0.250 bits per heavy atom. The van der Waals surface area contributed by atoms with Gasteiger partial charge in [0.1, 0.15) is 0 Å². The number of nitrogens with zero attached hydrogens (tertiary/aromatic N) is 4. The van der Waals surface area contributed by atoms with E-state index < -0.39 is 0 Å². The van der Waals surface area contributed by atoms with Crippen LogP contribution in [0.25, 0.3) is 133 Å². The number of fused-ring (bicyclic) bond motifs is 7. The number of hydrogen-bond donors (Lipinski definition) is 0. The molecular formula is C68H42N4. The Morgan fingerprint density at radius 3 is 1.33 bits per heavy atom. The van der Waals surface area contributed by atoms with Gasteiger partial charge in [-0.3, -0.25) is 0 Å². The van der Waals surface area contributed by atoms with E-state index in [-0.39, 0.29) is 0 Å². The minimum Gasteiger partial charge on any atom is -0.208 e. The summed E-state index contributed by atoms with van der Waals surface area (Å²) in [5.74, 6) is 1.72. The van der Waals surface area contributed by atoms with Crippen molar-refractivity contribution >= 4 is 43.1 Å². The second kappa shape index (κ2) is 17.9. The predicted octanol–water partition coefficient (Wildman–Crippen LogP) is 17.7. The van der Waals surface area contributed by atoms with E-state index in [1.54, 1.807) is 0 Å². The van der Waals surface area contributed by atoms with Crippen molar-refractivity contribution in [3.05, 3.63) is 260 Å². The molecule has 4 nitrogen and oxygen atoms in total. The van der Waals surface area contributed by atoms with E-state index in [0.717, 1.165) is 66.8 Å². The molecule has 4 heteroatoms. The van der Waals surface area contributed by atoms with Crippen LogP contribution >= 0.6 is 0 Å². The number of hydrogen-bond acceptors (Lipinski definition) is 4. The Kier molecular flexibility index (Phi) is 10.5. The zero-order chi connectivity index (χ0) is 48.0. The summed E-state index contributed by atoms with van der Waals surface area (Å²) in [4.78, 5) is 15.6. The van der Waals surface area contributed by atoms with Gasteiger partial charge in [-0.05, 0) is 105 Å². The van der Waals surface area contributed by atoms with E-state index in [2.05, 4.69) is 212 Å². The second-order valence-electron chi connectivity index (χ2n) is 18.1. The van der Waals surface area contributed by atoms with Gasteiger partial charge in [-0.25, -0.2) is 15.0 Å². The van der Waals surface area contributed by atoms with E-state index in [4.69, 9.17) is 15.0 Å². The highest BCUT2D eigenvalue weighted by Crippen LogP contribution is 2.46. The van der Waals surface area contributed by atoms with Crippen molar-refractivity contribution in [3.63, 3.8) is 0 Å². The second-order valence-corrected chi connectivity index (χ2v) is 18.1. The highest BCUT2D eigenvalue weighted by Gasteiger charge is 2.22. The third-order valence-electron chi connectivity index (χ3n) is 14.0. The molecule has 0 fully saturated rings. The van der Waals surface area contributed by atoms with Crippen LogP contribution in [0.4, 0.5) is 0 Å². The molecule has 0 aliphatic rings. The summed E-state index contributed by atoms with van der Waals surface area (Å²) < 4.78 is 0. The normalized spacial score (nSPS) is 11.3. The van der Waals surface area contributed by atoms with Crippen LogP contribution < -0.4 is 0 Å². The summed E-state index contributed by atoms with van der Waals surface area (Å²) in [5, 5.41) is 20.8. The highest BCUT2D eigenvalue weighted by molar-refractivity contribution is 6.26. The molecule has 0 atom stereocenters. The molecule has 0 radical (unpaired) electrons. The maximum atomic E-state index is 11.0. The Morgan fingerprint density at radius 2 is 0.667 bits per heavy atom. The van der Waals surface area contributed by atoms with Gasteiger partial charge in [0.25, 0.3) is 0 Å². The van der Waals surface area contributed by atoms with Gasteiger partial charge in [0, 0.05) is 22.3 Å². The SMILES string of the molecule is N#Cc1cccc(-c2ccccc2-c2ccc3c4ccccc4c4ccccc4c3c2)c1-c1ccccc1-c1ccccc1-c1nc(-c2ccccc2)nc(-c2ccc(-c3cccc4ccccc34)cc2)n1. The number of benzene rings is 12. The first-order chi connectivity index (χ1) is 35.7. The third kappa shape index (κ3) is 7.36. The molecule has 13 aromatic rings. The van der Waals surface area contributed by atoms with Crippen LogP contribution in [0.2, 0.25) is 0 Å². The van der Waals surface area contributed by atoms with Crippen molar-refractivity contribution < 1.29 is 0 Å². The van der Waals surface area contributed by atoms with Crippen LogP contribution in [0.1, 0.15) is 5.56 Å². The first kappa shape index (κ1) is 42.3. The van der Waals surface area contributed by atoms with Crippen molar-refractivity contribution in [1.29, 1.82) is 5.26 Å². The zero-order valence-electron chi connectivity index (χ0n) is 39.0. The third-order valence-corrected chi connectivity index (χ3v) is 14.0. The van der Waals surface area contributed by atoms with E-state index in [9.17, 15) is 5.26 Å². The lowest BCUT2D eigenvalue weighted by Gasteiger charge is -2.20. The molecule has 0 saturated heterocycles. The average Bonchev–Trinajstić information content (AvgIpc) is 3.47. The van der Waals surface area contributed by atoms with Crippen molar-refractivity contribution in [2.45, 2.75) is 0 Å². The predicted molar refractivity (Wildman–Crippen MR) is 298 cm³/mol. The van der Waals surface area contributed by atoms with Crippen molar-refractivity contribution in [3.8, 4) is 95.9 Å². The monoisotopic (exact) mass is 914 g/mol. The molecule has 334 valence electrons. The minimum atomic E-state index is 0.554. The summed E-state index contributed by atoms with van der Waals surface area (Å²) in [6.45, 7) is 0. The zero-order valence-corrected chi connectivity index (χ0v) is 39.0. The van der Waals surface area contributed by atoms with Gasteiger partial charge in [0.15, 0.2) is 17.5 Å². The van der Waals surface area contributed by atoms with E-state index >= 15 is 0 Å². The number of rotatable bonds is 8. The van der Waals surface area contributed by atoms with Gasteiger partial charge in [-0.2, -0.15) is 5.26 Å². The van der Waals surface area contributed by atoms with Gasteiger partial charge in [-0.15, -0.1) is 0 Å². The molecule has 1 heterocycles. The summed E-state index contributed by atoms with van der Waals surface area (Å²) in [6.07, 6.45) is 0. The molecule has 0 unspecified atom stereocenters. The molecule has 0 saturated carbocycles. The topological polar surface area (TPSA) is 62.5 Å². The quantitative estimate of drug-likeness (QED) is 0.143. The maximum Gasteiger partial charge on any atom is 0.164 e. The minimum absolute atomic E-state index is 0.554. The summed E-state index contributed by atoms with van der Waals surface area (Å²) in [6, 6.07) is 91.7. The van der Waals surface area contributed by atoms with Crippen LogP contribution in [0.5, 0.6) is 0 Å². The van der Waals surface area contributed by atoms with Crippen LogP contribution in [0.3, 0.4) is 0 Å². The lowest BCUT2D eigenvalue weighted by molar-refractivity contribution is 1.07. The Balaban J connectivity index is 0.954. The fourth-order valence-corrected chi connectivity index (χ4v) is 10.7. The highest BCUT2D eigenvalue weighted by atomic mass is 15.0. The Bertz CT molecular complexity index is 4240. The number of nitriles is 1. The first-order valence-corrected chi connectivity index (χ1v) is 24.2. The molecule has 0 aliphatic carbocycles. The van der Waals surface area contributed by atoms with Gasteiger partial charge in [-0.1, -0.05) is 243 Å². The summed E-state index contributed by atoms with van der Waals surface area (Å²) in [5.41, 5.74) is 13.4. The van der Waals surface area contributed by atoms with Gasteiger partial charge in [0.05, 0.1) is 11.6 Å². The average molecular weight is 915 g/mol. The van der Waals surface area contributed by atoms with Crippen molar-refractivity contribution in [2.75, 3.05) is 0 Å². The molecular weight excluding hydrogens is 873 g/mol. The Hall–Kier alpha value is -9.82. The van der Waals surface area contributed by atoms with Gasteiger partial charge in [0.2, 0.25) is 0 Å². The largest absolute Gasteiger partial charge is 0.208 e. The molecule has 1 aromatic heterocycles. The van der Waals surface area contributed by atoms with E-state index in [1.165, 1.54) is 48.7 Å². The lowest BCUT2D eigenvalue weighted by atomic mass is 9.83. The van der Waals surface area contributed by atoms with Crippen LogP contribution in [0, 0.1) is 11.3 Å². The molecule has 13 rings (SSSR count). The van der Waals surface area contributed by atoms with Crippen LogP contribution in [0.15, 0.2) is 255 Å². The smallest absolute Gasteiger partial charge is 0.164 e. The van der Waals surface area contributed by atoms with E-state index in [0.29, 0.717) is 23.0 Å². The molecule has 0 amide bonds. The molecule has 0 bridgehead atoms. The fourth-order valence-electron chi connectivity index (χ4n) is 10.7.